The quantitative estimate of drug-likeness (QED) is 0.191. The minimum absolute atomic E-state index is 0.0496. The third-order valence-electron chi connectivity index (χ3n) is 14.7. The lowest BCUT2D eigenvalue weighted by molar-refractivity contribution is -0.302. The molecule has 16 nitrogen and oxygen atoms in total. The number of allylic oxidation sites excluding steroid dienone is 3. The fourth-order valence-electron chi connectivity index (χ4n) is 10.6. The number of carbonyl (C=O) groups excluding carboxylic acids is 5. The number of hydrogen-bond acceptors (Lipinski definition) is 14. The molecule has 16 heteroatoms. The first-order valence-electron chi connectivity index (χ1n) is 23.6. The van der Waals surface area contributed by atoms with Gasteiger partial charge in [0.05, 0.1) is 30.5 Å². The van der Waals surface area contributed by atoms with E-state index in [-0.39, 0.29) is 61.9 Å². The van der Waals surface area contributed by atoms with Crippen molar-refractivity contribution in [3.8, 4) is 0 Å². The molecule has 14 atom stereocenters. The summed E-state index contributed by atoms with van der Waals surface area (Å²) in [6, 6.07) is -1.18. The molecule has 1 aliphatic carbocycles. The van der Waals surface area contributed by atoms with Crippen LogP contribution in [0.2, 0.25) is 0 Å². The van der Waals surface area contributed by atoms with Gasteiger partial charge < -0.3 is 53.7 Å². The van der Waals surface area contributed by atoms with Gasteiger partial charge in [-0.05, 0) is 96.1 Å². The Kier molecular flexibility index (Phi) is 18.7. The van der Waals surface area contributed by atoms with Gasteiger partial charge in [0.25, 0.3) is 11.7 Å². The van der Waals surface area contributed by atoms with Gasteiger partial charge >= 0.3 is 5.97 Å². The molecule has 362 valence electrons. The molecule has 64 heavy (non-hydrogen) atoms. The van der Waals surface area contributed by atoms with Gasteiger partial charge in [-0.1, -0.05) is 38.5 Å². The minimum atomic E-state index is -2.55. The molecule has 0 spiro atoms. The number of piperazine rings is 1. The molecule has 4 heterocycles. The summed E-state index contributed by atoms with van der Waals surface area (Å²) in [5.74, 6) is -8.69. The van der Waals surface area contributed by atoms with Gasteiger partial charge in [0.1, 0.15) is 24.0 Å². The number of aliphatic hydroxyl groups excluding tert-OH is 2. The van der Waals surface area contributed by atoms with Crippen molar-refractivity contribution in [1.29, 1.82) is 0 Å². The first-order chi connectivity index (χ1) is 30.3. The largest absolute Gasteiger partial charge is 0.456 e. The Balaban J connectivity index is 1.55. The van der Waals surface area contributed by atoms with Crippen LogP contribution in [0, 0.1) is 29.6 Å². The molecule has 2 amide bonds. The van der Waals surface area contributed by atoms with Crippen molar-refractivity contribution in [3.05, 3.63) is 23.3 Å². The van der Waals surface area contributed by atoms with Crippen LogP contribution in [0.3, 0.4) is 0 Å². The number of Topliss-reactive ketones (excluding diaryl/α,β-unsaturated/α-hetero) is 2. The van der Waals surface area contributed by atoms with Crippen molar-refractivity contribution in [2.24, 2.45) is 29.6 Å². The van der Waals surface area contributed by atoms with E-state index in [4.69, 9.17) is 23.7 Å². The molecular formula is C48H77N3O13. The van der Waals surface area contributed by atoms with Crippen molar-refractivity contribution < 1.29 is 63.0 Å². The van der Waals surface area contributed by atoms with Crippen LogP contribution in [0.4, 0.5) is 0 Å². The number of cyclic esters (lactones) is 1. The standard InChI is InChI=1S/C48H77N3O13/c1-28-20-29(2)22-40(61-8)44-41(62-9)24-31(4)48(59,64-44)45(56)46(57)51-15-11-10-12-35(51)47(58)63-43(30(3)23-33-13-14-36(52)39(25-33)60-7)32(5)37(53)27-38(54)34(21-28)26-42(55)50-18-16-49(6)17-19-50/h21,23,29,31-37,39-41,43-44,52-53,59H,10-20,22,24-27H2,1-9H3/b28-21+,30-23+/t29-,31+,32+,33-,34-,35-,36+,37-,39+,40-,41-,43+,44+,48+/m0/s1. The third-order valence-corrected chi connectivity index (χ3v) is 14.7. The Morgan fingerprint density at radius 2 is 1.52 bits per heavy atom. The summed E-state index contributed by atoms with van der Waals surface area (Å²) in [6.07, 6.45) is 1.87. The lowest BCUT2D eigenvalue weighted by atomic mass is 9.81. The van der Waals surface area contributed by atoms with Crippen molar-refractivity contribution in [1.82, 2.24) is 14.7 Å². The zero-order valence-corrected chi connectivity index (χ0v) is 39.7. The highest BCUT2D eigenvalue weighted by Crippen LogP contribution is 2.39. The van der Waals surface area contributed by atoms with Crippen molar-refractivity contribution in [2.75, 3.05) is 61.1 Å². The number of piperidine rings is 1. The van der Waals surface area contributed by atoms with Crippen LogP contribution < -0.4 is 0 Å². The Morgan fingerprint density at radius 1 is 0.859 bits per heavy atom. The summed E-state index contributed by atoms with van der Waals surface area (Å²) in [4.78, 5) is 76.5. The average Bonchev–Trinajstić information content (AvgIpc) is 3.27. The van der Waals surface area contributed by atoms with E-state index in [9.17, 15) is 39.3 Å². The maximum atomic E-state index is 14.5. The number of fused-ring (bicyclic) bond motifs is 3. The fourth-order valence-corrected chi connectivity index (χ4v) is 10.6. The molecule has 5 aliphatic rings. The third kappa shape index (κ3) is 12.5. The second-order valence-electron chi connectivity index (χ2n) is 19.6. The molecule has 0 aromatic carbocycles. The summed E-state index contributed by atoms with van der Waals surface area (Å²) >= 11 is 0. The molecule has 1 saturated carbocycles. The van der Waals surface area contributed by atoms with E-state index in [1.807, 2.05) is 33.0 Å². The van der Waals surface area contributed by atoms with Crippen molar-refractivity contribution in [2.45, 2.75) is 160 Å². The SMILES string of the molecule is CO[C@H]1C[C@@H](C)C/C(C)=C/[C@@H](CC(=O)N2CCN(C)CC2)C(=O)C[C@H](O)[C@@H](C)[C@@H](/C(C)=C/[C@@H]2CC[C@@H](O)[C@H](OC)C2)OC(=O)[C@@H]2CCCCN2C(=O)C(=O)[C@]2(O)O[C@H]1[C@@H](OC)C[C@H]2C. The monoisotopic (exact) mass is 904 g/mol. The lowest BCUT2D eigenvalue weighted by Crippen LogP contribution is -2.64. The number of likely N-dealkylation sites (N-methyl/N-ethyl adjacent to an activating group) is 1. The van der Waals surface area contributed by atoms with Gasteiger partial charge in [-0.15, -0.1) is 0 Å². The van der Waals surface area contributed by atoms with E-state index in [0.29, 0.717) is 63.6 Å². The second kappa shape index (κ2) is 23.1. The zero-order chi connectivity index (χ0) is 47.0. The van der Waals surface area contributed by atoms with E-state index in [2.05, 4.69) is 4.90 Å². The van der Waals surface area contributed by atoms with Crippen LogP contribution >= 0.6 is 0 Å². The predicted octanol–water partition coefficient (Wildman–Crippen LogP) is 3.23. The Bertz CT molecular complexity index is 1700. The molecule has 3 saturated heterocycles. The number of rotatable bonds is 7. The van der Waals surface area contributed by atoms with Gasteiger partial charge in [-0.3, -0.25) is 19.2 Å². The van der Waals surface area contributed by atoms with Crippen LogP contribution in [0.5, 0.6) is 0 Å². The number of nitrogens with zero attached hydrogens (tertiary/aromatic N) is 3. The number of carbonyl (C=O) groups is 5. The summed E-state index contributed by atoms with van der Waals surface area (Å²) in [6.45, 7) is 11.6. The summed E-state index contributed by atoms with van der Waals surface area (Å²) in [5, 5.41) is 34.6. The maximum Gasteiger partial charge on any atom is 0.329 e. The highest BCUT2D eigenvalue weighted by Gasteiger charge is 2.56. The molecular weight excluding hydrogens is 827 g/mol. The first kappa shape index (κ1) is 51.9. The van der Waals surface area contributed by atoms with E-state index >= 15 is 0 Å². The number of ether oxygens (including phenoxy) is 5. The Hall–Kier alpha value is -3.09. The van der Waals surface area contributed by atoms with Crippen LogP contribution in [0.25, 0.3) is 0 Å². The first-order valence-corrected chi connectivity index (χ1v) is 23.6. The molecule has 3 N–H and O–H groups in total. The molecule has 0 unspecified atom stereocenters. The van der Waals surface area contributed by atoms with E-state index in [1.165, 1.54) is 19.1 Å². The normalized spacial score (nSPS) is 39.6. The topological polar surface area (TPSA) is 202 Å². The highest BCUT2D eigenvalue weighted by atomic mass is 16.7. The number of methoxy groups -OCH3 is 3. The van der Waals surface area contributed by atoms with Crippen LogP contribution in [0.1, 0.15) is 105 Å². The lowest BCUT2D eigenvalue weighted by Gasteiger charge is -2.47. The van der Waals surface area contributed by atoms with Crippen molar-refractivity contribution in [3.63, 3.8) is 0 Å². The molecule has 4 aliphatic heterocycles. The fraction of sp³-hybridized carbons (Fsp3) is 0.812. The number of hydrogen-bond donors (Lipinski definition) is 3. The second-order valence-corrected chi connectivity index (χ2v) is 19.6. The van der Waals surface area contributed by atoms with Gasteiger partial charge in [0.2, 0.25) is 11.7 Å². The molecule has 0 aromatic heterocycles. The van der Waals surface area contributed by atoms with Gasteiger partial charge in [0.15, 0.2) is 0 Å². The van der Waals surface area contributed by atoms with Gasteiger partial charge in [-0.2, -0.15) is 0 Å². The summed E-state index contributed by atoms with van der Waals surface area (Å²) in [7, 11) is 6.58. The molecule has 4 fully saturated rings. The molecule has 0 aromatic rings. The van der Waals surface area contributed by atoms with Crippen LogP contribution in [-0.4, -0.2) is 175 Å². The number of esters is 1. The van der Waals surface area contributed by atoms with Crippen LogP contribution in [0.15, 0.2) is 23.3 Å². The Morgan fingerprint density at radius 3 is 2.17 bits per heavy atom. The summed E-state index contributed by atoms with van der Waals surface area (Å²) < 4.78 is 30.0. The van der Waals surface area contributed by atoms with E-state index < -0.39 is 83.9 Å². The minimum Gasteiger partial charge on any atom is -0.456 e. The van der Waals surface area contributed by atoms with Crippen LogP contribution in [-0.2, 0) is 47.7 Å². The molecule has 2 bridgehead atoms. The summed E-state index contributed by atoms with van der Waals surface area (Å²) in [5.41, 5.74) is 1.47. The average molecular weight is 904 g/mol. The van der Waals surface area contributed by atoms with E-state index in [1.54, 1.807) is 32.8 Å². The predicted molar refractivity (Wildman–Crippen MR) is 236 cm³/mol. The highest BCUT2D eigenvalue weighted by molar-refractivity contribution is 6.39. The molecule has 5 rings (SSSR count). The molecule has 0 radical (unpaired) electrons. The Labute approximate surface area is 380 Å². The van der Waals surface area contributed by atoms with Gasteiger partial charge in [-0.25, -0.2) is 4.79 Å². The zero-order valence-electron chi connectivity index (χ0n) is 39.7. The van der Waals surface area contributed by atoms with E-state index in [0.717, 1.165) is 18.7 Å². The van der Waals surface area contributed by atoms with Gasteiger partial charge in [0, 0.05) is 84.6 Å². The number of aliphatic hydroxyl groups is 3. The van der Waals surface area contributed by atoms with Crippen molar-refractivity contribution >= 4 is 29.4 Å². The smallest absolute Gasteiger partial charge is 0.329 e. The number of ketones is 2. The number of amides is 2. The maximum absolute atomic E-state index is 14.5.